The normalized spacial score (nSPS) is 11.9. The van der Waals surface area contributed by atoms with Gasteiger partial charge in [-0.3, -0.25) is 4.98 Å². The van der Waals surface area contributed by atoms with Gasteiger partial charge in [0.15, 0.2) is 0 Å². The Morgan fingerprint density at radius 1 is 1.30 bits per heavy atom. The SMILES string of the molecule is CC(Nc1ccnc(C(N)=S)c1)c1ccc(Cl)cc1Cl. The Kier molecular flexibility index (Phi) is 4.81. The zero-order valence-corrected chi connectivity index (χ0v) is 13.1. The Labute approximate surface area is 133 Å². The van der Waals surface area contributed by atoms with E-state index in [0.717, 1.165) is 11.3 Å². The van der Waals surface area contributed by atoms with E-state index in [4.69, 9.17) is 41.2 Å². The Morgan fingerprint density at radius 3 is 2.70 bits per heavy atom. The predicted octanol–water partition coefficient (Wildman–Crippen LogP) is 4.20. The molecule has 0 aliphatic heterocycles. The molecule has 104 valence electrons. The monoisotopic (exact) mass is 325 g/mol. The second-order valence-electron chi connectivity index (χ2n) is 4.33. The summed E-state index contributed by atoms with van der Waals surface area (Å²) >= 11 is 17.0. The summed E-state index contributed by atoms with van der Waals surface area (Å²) in [6.07, 6.45) is 1.66. The first-order valence-corrected chi connectivity index (χ1v) is 7.11. The predicted molar refractivity (Wildman–Crippen MR) is 88.6 cm³/mol. The standard InChI is InChI=1S/C14H13Cl2N3S/c1-8(11-3-2-9(15)6-12(11)16)19-10-4-5-18-13(7-10)14(17)20/h2-8H,1H3,(H2,17,20)(H,18,19). The van der Waals surface area contributed by atoms with Crippen LogP contribution in [0, 0.1) is 0 Å². The molecule has 1 aromatic carbocycles. The molecule has 3 nitrogen and oxygen atoms in total. The van der Waals surface area contributed by atoms with Crippen molar-refractivity contribution in [3.8, 4) is 0 Å². The number of anilines is 1. The van der Waals surface area contributed by atoms with Gasteiger partial charge in [0.25, 0.3) is 0 Å². The van der Waals surface area contributed by atoms with E-state index in [1.165, 1.54) is 0 Å². The molecule has 0 spiro atoms. The molecule has 1 atom stereocenters. The molecule has 20 heavy (non-hydrogen) atoms. The lowest BCUT2D eigenvalue weighted by Gasteiger charge is -2.17. The first-order valence-electron chi connectivity index (χ1n) is 5.94. The maximum atomic E-state index is 6.19. The van der Waals surface area contributed by atoms with Gasteiger partial charge in [-0.15, -0.1) is 0 Å². The fraction of sp³-hybridized carbons (Fsp3) is 0.143. The highest BCUT2D eigenvalue weighted by atomic mass is 35.5. The van der Waals surface area contributed by atoms with Crippen LogP contribution in [0.2, 0.25) is 10.0 Å². The fourth-order valence-electron chi connectivity index (χ4n) is 1.84. The molecule has 3 N–H and O–H groups in total. The molecular formula is C14H13Cl2N3S. The summed E-state index contributed by atoms with van der Waals surface area (Å²) in [5.74, 6) is 0. The van der Waals surface area contributed by atoms with Crippen molar-refractivity contribution in [3.63, 3.8) is 0 Å². The molecule has 0 saturated heterocycles. The van der Waals surface area contributed by atoms with Gasteiger partial charge in [0, 0.05) is 28.0 Å². The van der Waals surface area contributed by atoms with Crippen molar-refractivity contribution in [2.75, 3.05) is 5.32 Å². The Morgan fingerprint density at radius 2 is 2.05 bits per heavy atom. The quantitative estimate of drug-likeness (QED) is 0.827. The maximum absolute atomic E-state index is 6.19. The minimum Gasteiger partial charge on any atom is -0.388 e. The van der Waals surface area contributed by atoms with Crippen LogP contribution in [0.15, 0.2) is 36.5 Å². The third-order valence-corrected chi connectivity index (χ3v) is 3.60. The average Bonchev–Trinajstić information content (AvgIpc) is 2.38. The van der Waals surface area contributed by atoms with Crippen LogP contribution in [0.4, 0.5) is 5.69 Å². The number of nitrogens with two attached hydrogens (primary N) is 1. The molecule has 0 amide bonds. The molecule has 1 aromatic heterocycles. The van der Waals surface area contributed by atoms with Crippen LogP contribution in [-0.4, -0.2) is 9.97 Å². The smallest absolute Gasteiger partial charge is 0.122 e. The van der Waals surface area contributed by atoms with E-state index in [9.17, 15) is 0 Å². The maximum Gasteiger partial charge on any atom is 0.122 e. The second kappa shape index (κ2) is 6.39. The molecule has 1 heterocycles. The van der Waals surface area contributed by atoms with E-state index in [1.54, 1.807) is 12.3 Å². The summed E-state index contributed by atoms with van der Waals surface area (Å²) in [4.78, 5) is 4.37. The Hall–Kier alpha value is -1.36. The van der Waals surface area contributed by atoms with Gasteiger partial charge < -0.3 is 11.1 Å². The molecule has 0 fully saturated rings. The Balaban J connectivity index is 2.21. The molecule has 0 radical (unpaired) electrons. The zero-order chi connectivity index (χ0) is 14.7. The van der Waals surface area contributed by atoms with Gasteiger partial charge >= 0.3 is 0 Å². The third kappa shape index (κ3) is 3.60. The molecule has 2 aromatic rings. The number of nitrogens with one attached hydrogen (secondary N) is 1. The molecular weight excluding hydrogens is 313 g/mol. The first-order chi connectivity index (χ1) is 9.47. The highest BCUT2D eigenvalue weighted by molar-refractivity contribution is 7.80. The molecule has 0 bridgehead atoms. The van der Waals surface area contributed by atoms with Gasteiger partial charge in [-0.2, -0.15) is 0 Å². The van der Waals surface area contributed by atoms with Gasteiger partial charge in [0.05, 0.1) is 5.69 Å². The van der Waals surface area contributed by atoms with Crippen molar-refractivity contribution >= 4 is 46.1 Å². The van der Waals surface area contributed by atoms with Crippen LogP contribution >= 0.6 is 35.4 Å². The fourth-order valence-corrected chi connectivity index (χ4v) is 2.52. The molecule has 0 aliphatic rings. The van der Waals surface area contributed by atoms with Crippen LogP contribution in [0.5, 0.6) is 0 Å². The summed E-state index contributed by atoms with van der Waals surface area (Å²) in [5, 5.41) is 4.57. The minimum absolute atomic E-state index is 0.0152. The zero-order valence-electron chi connectivity index (χ0n) is 10.7. The number of hydrogen-bond donors (Lipinski definition) is 2. The van der Waals surface area contributed by atoms with Crippen molar-refractivity contribution < 1.29 is 0 Å². The number of benzene rings is 1. The van der Waals surface area contributed by atoms with Crippen LogP contribution in [-0.2, 0) is 0 Å². The highest BCUT2D eigenvalue weighted by Gasteiger charge is 2.10. The summed E-state index contributed by atoms with van der Waals surface area (Å²) in [5.41, 5.74) is 7.99. The van der Waals surface area contributed by atoms with Gasteiger partial charge in [-0.05, 0) is 36.8 Å². The van der Waals surface area contributed by atoms with E-state index < -0.39 is 0 Å². The molecule has 1 unspecified atom stereocenters. The van der Waals surface area contributed by atoms with Gasteiger partial charge in [-0.1, -0.05) is 41.5 Å². The molecule has 6 heteroatoms. The van der Waals surface area contributed by atoms with Crippen LogP contribution < -0.4 is 11.1 Å². The summed E-state index contributed by atoms with van der Waals surface area (Å²) < 4.78 is 0. The third-order valence-electron chi connectivity index (χ3n) is 2.82. The van der Waals surface area contributed by atoms with Crippen molar-refractivity contribution in [2.24, 2.45) is 5.73 Å². The average molecular weight is 326 g/mol. The number of thiocarbonyl (C=S) groups is 1. The van der Waals surface area contributed by atoms with Crippen molar-refractivity contribution in [3.05, 3.63) is 57.8 Å². The van der Waals surface area contributed by atoms with Gasteiger partial charge in [0.2, 0.25) is 0 Å². The van der Waals surface area contributed by atoms with E-state index in [0.29, 0.717) is 15.7 Å². The molecule has 0 aliphatic carbocycles. The number of halogens is 2. The van der Waals surface area contributed by atoms with Crippen molar-refractivity contribution in [1.82, 2.24) is 4.98 Å². The topological polar surface area (TPSA) is 50.9 Å². The summed E-state index contributed by atoms with van der Waals surface area (Å²) in [7, 11) is 0. The Bertz CT molecular complexity index is 646. The van der Waals surface area contributed by atoms with Gasteiger partial charge in [0.1, 0.15) is 4.99 Å². The molecule has 0 saturated carbocycles. The van der Waals surface area contributed by atoms with E-state index in [2.05, 4.69) is 10.3 Å². The summed E-state index contributed by atoms with van der Waals surface area (Å²) in [6, 6.07) is 9.11. The number of rotatable bonds is 4. The lowest BCUT2D eigenvalue weighted by Crippen LogP contribution is -2.13. The highest BCUT2D eigenvalue weighted by Crippen LogP contribution is 2.28. The minimum atomic E-state index is 0.0152. The largest absolute Gasteiger partial charge is 0.388 e. The van der Waals surface area contributed by atoms with E-state index in [-0.39, 0.29) is 11.0 Å². The summed E-state index contributed by atoms with van der Waals surface area (Å²) in [6.45, 7) is 2.01. The number of aromatic nitrogens is 1. The van der Waals surface area contributed by atoms with Crippen LogP contribution in [0.1, 0.15) is 24.2 Å². The number of nitrogens with zero attached hydrogens (tertiary/aromatic N) is 1. The lowest BCUT2D eigenvalue weighted by molar-refractivity contribution is 0.884. The van der Waals surface area contributed by atoms with Crippen molar-refractivity contribution in [1.29, 1.82) is 0 Å². The molecule has 2 rings (SSSR count). The number of pyridine rings is 1. The lowest BCUT2D eigenvalue weighted by atomic mass is 10.1. The second-order valence-corrected chi connectivity index (χ2v) is 5.61. The number of hydrogen-bond acceptors (Lipinski definition) is 3. The van der Waals surface area contributed by atoms with E-state index >= 15 is 0 Å². The first kappa shape index (κ1) is 15.0. The van der Waals surface area contributed by atoms with Crippen molar-refractivity contribution in [2.45, 2.75) is 13.0 Å². The van der Waals surface area contributed by atoms with Gasteiger partial charge in [-0.25, -0.2) is 0 Å². The van der Waals surface area contributed by atoms with E-state index in [1.807, 2.05) is 31.2 Å². The van der Waals surface area contributed by atoms with Crippen LogP contribution in [0.25, 0.3) is 0 Å². The van der Waals surface area contributed by atoms with Crippen LogP contribution in [0.3, 0.4) is 0 Å².